The molecule has 0 N–H and O–H groups in total. The molecule has 4 aromatic rings. The van der Waals surface area contributed by atoms with Crippen molar-refractivity contribution in [2.75, 3.05) is 0 Å². The maximum absolute atomic E-state index is 2.36. The fourth-order valence-electron chi connectivity index (χ4n) is 4.03. The molecule has 0 aliphatic carbocycles. The number of hydrogen-bond acceptors (Lipinski definition) is 0. The molecule has 0 radical (unpaired) electrons. The minimum atomic E-state index is -0.589. The fraction of sp³-hybridized carbons (Fsp3) is 0.214. The lowest BCUT2D eigenvalue weighted by Gasteiger charge is -2.22. The zero-order valence-electron chi connectivity index (χ0n) is 17.4. The maximum Gasteiger partial charge on any atom is -0.00726 e. The molecule has 0 spiro atoms. The first-order chi connectivity index (χ1) is 14.3. The van der Waals surface area contributed by atoms with Crippen LogP contribution in [0, 0.1) is 0 Å². The summed E-state index contributed by atoms with van der Waals surface area (Å²) in [6.45, 7) is 4.49. The van der Waals surface area contributed by atoms with Gasteiger partial charge in [-0.1, -0.05) is 118 Å². The average molecular weight is 397 g/mol. The van der Waals surface area contributed by atoms with Crippen molar-refractivity contribution >= 4 is 34.6 Å². The molecule has 0 aromatic heterocycles. The Balaban J connectivity index is 1.84. The SMILES string of the molecule is CCCc1ccc(P(c2ccc(CCC)cc2)c2cccc3ccccc23)cc1. The fourth-order valence-corrected chi connectivity index (χ4v) is 6.46. The normalized spacial score (nSPS) is 11.3. The van der Waals surface area contributed by atoms with E-state index in [0.29, 0.717) is 0 Å². The van der Waals surface area contributed by atoms with E-state index in [-0.39, 0.29) is 0 Å². The van der Waals surface area contributed by atoms with E-state index in [0.717, 1.165) is 12.8 Å². The lowest BCUT2D eigenvalue weighted by Crippen LogP contribution is -2.21. The van der Waals surface area contributed by atoms with E-state index < -0.39 is 7.92 Å². The van der Waals surface area contributed by atoms with Gasteiger partial charge in [0.25, 0.3) is 0 Å². The van der Waals surface area contributed by atoms with Gasteiger partial charge in [0.15, 0.2) is 0 Å². The molecule has 4 aromatic carbocycles. The Kier molecular flexibility index (Phi) is 6.43. The predicted molar refractivity (Wildman–Crippen MR) is 131 cm³/mol. The van der Waals surface area contributed by atoms with Gasteiger partial charge in [0.1, 0.15) is 0 Å². The Hall–Kier alpha value is -2.43. The molecule has 0 atom stereocenters. The lowest BCUT2D eigenvalue weighted by atomic mass is 10.1. The molecule has 0 aliphatic rings. The molecule has 0 aliphatic heterocycles. The van der Waals surface area contributed by atoms with Crippen molar-refractivity contribution in [1.29, 1.82) is 0 Å². The summed E-state index contributed by atoms with van der Waals surface area (Å²) in [5.74, 6) is 0. The Morgan fingerprint density at radius 3 is 1.62 bits per heavy atom. The number of rotatable bonds is 7. The highest BCUT2D eigenvalue weighted by atomic mass is 31.1. The summed E-state index contributed by atoms with van der Waals surface area (Å²) in [5.41, 5.74) is 2.87. The highest BCUT2D eigenvalue weighted by Crippen LogP contribution is 2.36. The van der Waals surface area contributed by atoms with Crippen molar-refractivity contribution in [3.8, 4) is 0 Å². The van der Waals surface area contributed by atoms with Crippen molar-refractivity contribution in [3.05, 3.63) is 102 Å². The summed E-state index contributed by atoms with van der Waals surface area (Å²) in [6.07, 6.45) is 4.68. The molecule has 0 amide bonds. The van der Waals surface area contributed by atoms with Crippen LogP contribution in [0.5, 0.6) is 0 Å². The molecule has 0 saturated carbocycles. The Morgan fingerprint density at radius 2 is 1.07 bits per heavy atom. The van der Waals surface area contributed by atoms with Crippen molar-refractivity contribution in [3.63, 3.8) is 0 Å². The third-order valence-corrected chi connectivity index (χ3v) is 7.97. The van der Waals surface area contributed by atoms with Crippen LogP contribution in [0.2, 0.25) is 0 Å². The lowest BCUT2D eigenvalue weighted by molar-refractivity contribution is 0.922. The van der Waals surface area contributed by atoms with Crippen LogP contribution in [-0.2, 0) is 12.8 Å². The number of fused-ring (bicyclic) bond motifs is 1. The van der Waals surface area contributed by atoms with Crippen LogP contribution in [0.3, 0.4) is 0 Å². The first kappa shape index (κ1) is 19.9. The van der Waals surface area contributed by atoms with Crippen LogP contribution >= 0.6 is 7.92 Å². The summed E-state index contributed by atoms with van der Waals surface area (Å²) < 4.78 is 0. The standard InChI is InChI=1S/C28H29P/c1-3-8-22-14-18-25(19-15-22)29(26-20-16-23(9-4-2)17-21-26)28-13-7-11-24-10-5-6-12-27(24)28/h5-7,10-21H,3-4,8-9H2,1-2H3. The largest absolute Gasteiger partial charge is 0.0651 e. The molecule has 0 saturated heterocycles. The Morgan fingerprint density at radius 1 is 0.552 bits per heavy atom. The molecule has 0 bridgehead atoms. The Bertz CT molecular complexity index is 1010. The topological polar surface area (TPSA) is 0 Å². The molecular weight excluding hydrogens is 367 g/mol. The molecule has 4 rings (SSSR count). The van der Waals surface area contributed by atoms with Gasteiger partial charge in [-0.3, -0.25) is 0 Å². The van der Waals surface area contributed by atoms with Crippen LogP contribution in [0.1, 0.15) is 37.8 Å². The first-order valence-corrected chi connectivity index (χ1v) is 12.1. The van der Waals surface area contributed by atoms with Gasteiger partial charge < -0.3 is 0 Å². The van der Waals surface area contributed by atoms with Gasteiger partial charge in [-0.15, -0.1) is 0 Å². The minimum absolute atomic E-state index is 0.589. The molecule has 0 nitrogen and oxygen atoms in total. The van der Waals surface area contributed by atoms with E-state index in [4.69, 9.17) is 0 Å². The van der Waals surface area contributed by atoms with Crippen LogP contribution in [0.15, 0.2) is 91.0 Å². The predicted octanol–water partition coefficient (Wildman–Crippen LogP) is 6.50. The summed E-state index contributed by atoms with van der Waals surface area (Å²) in [5, 5.41) is 7.00. The van der Waals surface area contributed by atoms with Gasteiger partial charge >= 0.3 is 0 Å². The van der Waals surface area contributed by atoms with Crippen LogP contribution in [-0.4, -0.2) is 0 Å². The van der Waals surface area contributed by atoms with Crippen LogP contribution in [0.4, 0.5) is 0 Å². The van der Waals surface area contributed by atoms with E-state index in [1.54, 1.807) is 0 Å². The second-order valence-corrected chi connectivity index (χ2v) is 9.85. The van der Waals surface area contributed by atoms with Gasteiger partial charge in [0, 0.05) is 0 Å². The Labute approximate surface area is 176 Å². The highest BCUT2D eigenvalue weighted by molar-refractivity contribution is 7.80. The van der Waals surface area contributed by atoms with Crippen LogP contribution in [0.25, 0.3) is 10.8 Å². The molecule has 1 heteroatoms. The molecule has 0 unspecified atom stereocenters. The van der Waals surface area contributed by atoms with Crippen molar-refractivity contribution in [1.82, 2.24) is 0 Å². The van der Waals surface area contributed by atoms with E-state index >= 15 is 0 Å². The van der Waals surface area contributed by atoms with Gasteiger partial charge in [-0.25, -0.2) is 0 Å². The number of hydrogen-bond donors (Lipinski definition) is 0. The molecule has 29 heavy (non-hydrogen) atoms. The average Bonchev–Trinajstić information content (AvgIpc) is 2.77. The smallest absolute Gasteiger partial charge is 0.00726 e. The van der Waals surface area contributed by atoms with E-state index in [9.17, 15) is 0 Å². The van der Waals surface area contributed by atoms with Crippen molar-refractivity contribution in [2.24, 2.45) is 0 Å². The quantitative estimate of drug-likeness (QED) is 0.313. The molecule has 146 valence electrons. The zero-order chi connectivity index (χ0) is 20.1. The van der Waals surface area contributed by atoms with Crippen LogP contribution < -0.4 is 15.9 Å². The van der Waals surface area contributed by atoms with E-state index in [2.05, 4.69) is 105 Å². The van der Waals surface area contributed by atoms with Gasteiger partial charge in [-0.05, 0) is 58.6 Å². The summed E-state index contributed by atoms with van der Waals surface area (Å²) >= 11 is 0. The van der Waals surface area contributed by atoms with E-state index in [1.165, 1.54) is 50.7 Å². The third-order valence-electron chi connectivity index (χ3n) is 5.47. The monoisotopic (exact) mass is 396 g/mol. The summed E-state index contributed by atoms with van der Waals surface area (Å²) in [4.78, 5) is 0. The second-order valence-electron chi connectivity index (χ2n) is 7.67. The highest BCUT2D eigenvalue weighted by Gasteiger charge is 2.18. The zero-order valence-corrected chi connectivity index (χ0v) is 18.3. The van der Waals surface area contributed by atoms with Crippen molar-refractivity contribution < 1.29 is 0 Å². The summed E-state index contributed by atoms with van der Waals surface area (Å²) in [7, 11) is -0.589. The second kappa shape index (κ2) is 9.38. The van der Waals surface area contributed by atoms with Gasteiger partial charge in [0.05, 0.1) is 0 Å². The number of benzene rings is 4. The van der Waals surface area contributed by atoms with Crippen molar-refractivity contribution in [2.45, 2.75) is 39.5 Å². The summed E-state index contributed by atoms with van der Waals surface area (Å²) in [6, 6.07) is 34.3. The minimum Gasteiger partial charge on any atom is -0.0651 e. The molecular formula is C28H29P. The molecule has 0 heterocycles. The van der Waals surface area contributed by atoms with Gasteiger partial charge in [0.2, 0.25) is 0 Å². The van der Waals surface area contributed by atoms with Gasteiger partial charge in [-0.2, -0.15) is 0 Å². The third kappa shape index (κ3) is 4.44. The maximum atomic E-state index is 2.36. The van der Waals surface area contributed by atoms with E-state index in [1.807, 2.05) is 0 Å². The molecule has 0 fully saturated rings. The number of aryl methyl sites for hydroxylation is 2. The first-order valence-electron chi connectivity index (χ1n) is 10.8.